The number of carboxylic acids is 1. The third-order valence-corrected chi connectivity index (χ3v) is 4.42. The second-order valence-electron chi connectivity index (χ2n) is 6.03. The monoisotopic (exact) mass is 398 g/mol. The second kappa shape index (κ2) is 8.68. The highest BCUT2D eigenvalue weighted by Gasteiger charge is 2.53. The average molecular weight is 399 g/mol. The largest absolute Gasteiger partial charge is 0.481 e. The summed E-state index contributed by atoms with van der Waals surface area (Å²) in [4.78, 5) is 24.4. The maximum atomic E-state index is 13.5. The van der Waals surface area contributed by atoms with E-state index in [0.29, 0.717) is 0 Å². The van der Waals surface area contributed by atoms with Gasteiger partial charge in [0.25, 0.3) is 0 Å². The van der Waals surface area contributed by atoms with E-state index in [-0.39, 0.29) is 31.1 Å². The molecule has 2 N–H and O–H groups in total. The average Bonchev–Trinajstić information content (AvgIpc) is 2.99. The summed E-state index contributed by atoms with van der Waals surface area (Å²) in [5.41, 5.74) is 0.251. The summed E-state index contributed by atoms with van der Waals surface area (Å²) in [6.45, 7) is 0.367. The zero-order chi connectivity index (χ0) is 18.8. The van der Waals surface area contributed by atoms with E-state index in [0.717, 1.165) is 0 Å². The number of carboxylic acid groups (broad SMARTS) is 1. The Morgan fingerprint density at radius 1 is 1.31 bits per heavy atom. The molecular formula is C16H19ClF4N2O3. The minimum Gasteiger partial charge on any atom is -0.481 e. The van der Waals surface area contributed by atoms with Gasteiger partial charge in [0.2, 0.25) is 5.91 Å². The number of likely N-dealkylation sites (tertiary alicyclic amines) is 1. The second-order valence-corrected chi connectivity index (χ2v) is 6.03. The number of carbonyl (C=O) groups excluding carboxylic acids is 1. The fourth-order valence-electron chi connectivity index (χ4n) is 2.87. The van der Waals surface area contributed by atoms with Crippen LogP contribution in [0.15, 0.2) is 24.3 Å². The Labute approximate surface area is 153 Å². The topological polar surface area (TPSA) is 69.6 Å². The number of alkyl halides is 3. The Balaban J connectivity index is 0.00000338. The van der Waals surface area contributed by atoms with Crippen molar-refractivity contribution in [2.45, 2.75) is 25.7 Å². The number of halogens is 5. The van der Waals surface area contributed by atoms with Gasteiger partial charge < -0.3 is 10.4 Å². The molecule has 1 aromatic carbocycles. The van der Waals surface area contributed by atoms with Crippen molar-refractivity contribution in [2.24, 2.45) is 11.8 Å². The van der Waals surface area contributed by atoms with Crippen molar-refractivity contribution in [3.05, 3.63) is 35.6 Å². The van der Waals surface area contributed by atoms with E-state index in [9.17, 15) is 27.2 Å². The Hall–Kier alpha value is -1.87. The number of rotatable bonds is 5. The van der Waals surface area contributed by atoms with Crippen molar-refractivity contribution in [1.82, 2.24) is 10.2 Å². The lowest BCUT2D eigenvalue weighted by molar-refractivity contribution is -0.188. The van der Waals surface area contributed by atoms with Crippen LogP contribution in [0, 0.1) is 17.7 Å². The van der Waals surface area contributed by atoms with Gasteiger partial charge in [-0.1, -0.05) is 18.2 Å². The number of carbonyl (C=O) groups is 2. The fourth-order valence-corrected chi connectivity index (χ4v) is 2.87. The highest BCUT2D eigenvalue weighted by Crippen LogP contribution is 2.38. The molecule has 0 aromatic heterocycles. The van der Waals surface area contributed by atoms with Crippen LogP contribution in [0.1, 0.15) is 12.5 Å². The number of nitrogens with one attached hydrogen (secondary N) is 1. The third kappa shape index (κ3) is 5.07. The molecule has 5 nitrogen and oxygen atoms in total. The molecular weight excluding hydrogens is 380 g/mol. The van der Waals surface area contributed by atoms with Crippen molar-refractivity contribution in [3.8, 4) is 0 Å². The predicted molar refractivity (Wildman–Crippen MR) is 87.2 cm³/mol. The standard InChI is InChI=1S/C16H18F4N2O3.ClH/c1-9(14(23)21-6-10-4-2-3-5-13(10)17)22-7-11(15(24)25)12(8-22)16(18,19)20;/h2-5,9,11-12H,6-8H2,1H3,(H,21,23)(H,24,25);1H/t9?,11-,12-;/m1./s1. The highest BCUT2D eigenvalue weighted by molar-refractivity contribution is 5.85. The molecule has 0 aliphatic carbocycles. The van der Waals surface area contributed by atoms with E-state index in [1.165, 1.54) is 30.0 Å². The molecule has 0 spiro atoms. The molecule has 1 aromatic rings. The number of nitrogens with zero attached hydrogens (tertiary/aromatic N) is 1. The molecule has 1 fully saturated rings. The summed E-state index contributed by atoms with van der Waals surface area (Å²) in [7, 11) is 0. The van der Waals surface area contributed by atoms with Crippen LogP contribution >= 0.6 is 12.4 Å². The van der Waals surface area contributed by atoms with Gasteiger partial charge >= 0.3 is 12.1 Å². The van der Waals surface area contributed by atoms with E-state index >= 15 is 0 Å². The van der Waals surface area contributed by atoms with E-state index in [4.69, 9.17) is 5.11 Å². The first kappa shape index (κ1) is 22.2. The maximum Gasteiger partial charge on any atom is 0.393 e. The molecule has 3 atom stereocenters. The van der Waals surface area contributed by atoms with Crippen molar-refractivity contribution in [3.63, 3.8) is 0 Å². The van der Waals surface area contributed by atoms with Gasteiger partial charge in [-0.2, -0.15) is 13.2 Å². The molecule has 0 bridgehead atoms. The number of hydrogen-bond acceptors (Lipinski definition) is 3. The minimum absolute atomic E-state index is 0. The van der Waals surface area contributed by atoms with Gasteiger partial charge in [0, 0.05) is 25.2 Å². The highest BCUT2D eigenvalue weighted by atomic mass is 35.5. The summed E-state index contributed by atoms with van der Waals surface area (Å²) in [5, 5.41) is 11.5. The molecule has 10 heteroatoms. The Morgan fingerprint density at radius 2 is 1.92 bits per heavy atom. The lowest BCUT2D eigenvalue weighted by Crippen LogP contribution is -2.44. The van der Waals surface area contributed by atoms with E-state index in [2.05, 4.69) is 5.32 Å². The van der Waals surface area contributed by atoms with Crippen molar-refractivity contribution >= 4 is 24.3 Å². The number of aliphatic carboxylic acids is 1. The molecule has 146 valence electrons. The minimum atomic E-state index is -4.65. The number of hydrogen-bond donors (Lipinski definition) is 2. The third-order valence-electron chi connectivity index (χ3n) is 4.42. The molecule has 2 rings (SSSR count). The van der Waals surface area contributed by atoms with Crippen LogP contribution in [-0.4, -0.2) is 47.2 Å². The SMILES string of the molecule is CC(C(=O)NCc1ccccc1F)N1C[C@@H](C(F)(F)F)[C@H](C(=O)O)C1.Cl. The summed E-state index contributed by atoms with van der Waals surface area (Å²) < 4.78 is 52.5. The van der Waals surface area contributed by atoms with Gasteiger partial charge in [-0.15, -0.1) is 12.4 Å². The lowest BCUT2D eigenvalue weighted by Gasteiger charge is -2.23. The van der Waals surface area contributed by atoms with Gasteiger partial charge in [-0.3, -0.25) is 14.5 Å². The molecule has 1 aliphatic heterocycles. The lowest BCUT2D eigenvalue weighted by atomic mass is 9.96. The van der Waals surface area contributed by atoms with Crippen LogP contribution < -0.4 is 5.32 Å². The molecule has 1 aliphatic rings. The normalized spacial score (nSPS) is 21.7. The smallest absolute Gasteiger partial charge is 0.393 e. The summed E-state index contributed by atoms with van der Waals surface area (Å²) >= 11 is 0. The van der Waals surface area contributed by atoms with Crippen LogP contribution in [-0.2, 0) is 16.1 Å². The molecule has 0 radical (unpaired) electrons. The summed E-state index contributed by atoms with van der Waals surface area (Å²) in [6, 6.07) is 4.85. The first-order chi connectivity index (χ1) is 11.6. The van der Waals surface area contributed by atoms with Gasteiger partial charge in [0.15, 0.2) is 0 Å². The fraction of sp³-hybridized carbons (Fsp3) is 0.500. The summed E-state index contributed by atoms with van der Waals surface area (Å²) in [5.74, 6) is -6.26. The van der Waals surface area contributed by atoms with Crippen molar-refractivity contribution in [2.75, 3.05) is 13.1 Å². The van der Waals surface area contributed by atoms with Gasteiger partial charge in [0.1, 0.15) is 5.82 Å². The maximum absolute atomic E-state index is 13.5. The van der Waals surface area contributed by atoms with Crippen molar-refractivity contribution in [1.29, 1.82) is 0 Å². The molecule has 1 unspecified atom stereocenters. The van der Waals surface area contributed by atoms with Crippen LogP contribution in [0.25, 0.3) is 0 Å². The molecule has 26 heavy (non-hydrogen) atoms. The van der Waals surface area contributed by atoms with Gasteiger partial charge in [-0.05, 0) is 13.0 Å². The molecule has 1 amide bonds. The first-order valence-electron chi connectivity index (χ1n) is 7.66. The van der Waals surface area contributed by atoms with E-state index in [1.54, 1.807) is 6.07 Å². The quantitative estimate of drug-likeness (QED) is 0.747. The summed E-state index contributed by atoms with van der Waals surface area (Å²) in [6.07, 6.45) is -4.65. The Bertz CT molecular complexity index is 657. The van der Waals surface area contributed by atoms with Crippen LogP contribution in [0.2, 0.25) is 0 Å². The Morgan fingerprint density at radius 3 is 2.42 bits per heavy atom. The molecule has 0 saturated carbocycles. The molecule has 1 heterocycles. The van der Waals surface area contributed by atoms with E-state index in [1.807, 2.05) is 0 Å². The number of amides is 1. The predicted octanol–water partition coefficient (Wildman–Crippen LogP) is 2.45. The zero-order valence-electron chi connectivity index (χ0n) is 13.8. The van der Waals surface area contributed by atoms with Crippen molar-refractivity contribution < 1.29 is 32.3 Å². The van der Waals surface area contributed by atoms with Crippen LogP contribution in [0.3, 0.4) is 0 Å². The Kier molecular flexibility index (Phi) is 7.40. The van der Waals surface area contributed by atoms with Gasteiger partial charge in [-0.25, -0.2) is 4.39 Å². The van der Waals surface area contributed by atoms with E-state index < -0.39 is 48.3 Å². The molecule has 1 saturated heterocycles. The van der Waals surface area contributed by atoms with Crippen LogP contribution in [0.5, 0.6) is 0 Å². The first-order valence-corrected chi connectivity index (χ1v) is 7.66. The van der Waals surface area contributed by atoms with Gasteiger partial charge in [0.05, 0.1) is 17.9 Å². The number of benzene rings is 1. The zero-order valence-corrected chi connectivity index (χ0v) is 14.6. The van der Waals surface area contributed by atoms with Crippen LogP contribution in [0.4, 0.5) is 17.6 Å².